The summed E-state index contributed by atoms with van der Waals surface area (Å²) >= 11 is 0. The summed E-state index contributed by atoms with van der Waals surface area (Å²) in [6.07, 6.45) is 0.669. The van der Waals surface area contributed by atoms with Gasteiger partial charge in [0, 0.05) is 51.4 Å². The Morgan fingerprint density at radius 3 is 2.41 bits per heavy atom. The molecule has 1 N–H and O–H groups in total. The number of hydrogen-bond acceptors (Lipinski definition) is 4. The molecule has 1 saturated heterocycles. The Bertz CT molecular complexity index is 824. The molecule has 1 atom stereocenters. The van der Waals surface area contributed by atoms with E-state index >= 15 is 0 Å². The molecule has 0 bridgehead atoms. The van der Waals surface area contributed by atoms with Crippen molar-refractivity contribution in [1.82, 2.24) is 9.80 Å². The second-order valence-corrected chi connectivity index (χ2v) is 7.83. The maximum atomic E-state index is 13.5. The summed E-state index contributed by atoms with van der Waals surface area (Å²) in [5, 5.41) is 9.56. The van der Waals surface area contributed by atoms with Gasteiger partial charge in [-0.15, -0.1) is 0 Å². The van der Waals surface area contributed by atoms with Crippen molar-refractivity contribution in [3.05, 3.63) is 64.2 Å². The average molecular weight is 405 g/mol. The predicted molar refractivity (Wildman–Crippen MR) is 110 cm³/mol. The van der Waals surface area contributed by atoms with E-state index in [0.717, 1.165) is 43.6 Å². The van der Waals surface area contributed by atoms with Crippen LogP contribution in [0.2, 0.25) is 0 Å². The van der Waals surface area contributed by atoms with Crippen molar-refractivity contribution in [3.63, 3.8) is 0 Å². The van der Waals surface area contributed by atoms with Gasteiger partial charge < -0.3 is 9.84 Å². The first-order valence-corrected chi connectivity index (χ1v) is 10.1. The fourth-order valence-corrected chi connectivity index (χ4v) is 4.16. The quantitative estimate of drug-likeness (QED) is 0.764. The van der Waals surface area contributed by atoms with E-state index in [0.29, 0.717) is 18.5 Å². The fourth-order valence-electron chi connectivity index (χ4n) is 4.16. The Labute approximate surface area is 171 Å². The summed E-state index contributed by atoms with van der Waals surface area (Å²) in [6.45, 7) is 8.02. The minimum Gasteiger partial charge on any atom is -0.496 e. The van der Waals surface area contributed by atoms with Crippen LogP contribution in [0.4, 0.5) is 8.78 Å². The van der Waals surface area contributed by atoms with E-state index in [2.05, 4.69) is 29.7 Å². The van der Waals surface area contributed by atoms with E-state index in [1.54, 1.807) is 7.11 Å². The minimum atomic E-state index is -0.545. The van der Waals surface area contributed by atoms with Crippen LogP contribution in [-0.4, -0.2) is 54.3 Å². The predicted octanol–water partition coefficient (Wildman–Crippen LogP) is 3.66. The molecule has 6 heteroatoms. The van der Waals surface area contributed by atoms with Crippen LogP contribution in [0, 0.1) is 25.5 Å². The zero-order valence-corrected chi connectivity index (χ0v) is 17.4. The van der Waals surface area contributed by atoms with Crippen LogP contribution in [0.5, 0.6) is 5.75 Å². The third-order valence-corrected chi connectivity index (χ3v) is 5.92. The maximum absolute atomic E-state index is 13.5. The van der Waals surface area contributed by atoms with Crippen LogP contribution in [0.3, 0.4) is 0 Å². The molecule has 158 valence electrons. The average Bonchev–Trinajstić information content (AvgIpc) is 2.67. The summed E-state index contributed by atoms with van der Waals surface area (Å²) in [6, 6.07) is 7.98. The second kappa shape index (κ2) is 9.65. The van der Waals surface area contributed by atoms with Gasteiger partial charge in [-0.05, 0) is 60.7 Å². The number of aliphatic hydroxyl groups excluding tert-OH is 1. The number of ether oxygens (including phenoxy) is 1. The van der Waals surface area contributed by atoms with Crippen molar-refractivity contribution < 1.29 is 18.6 Å². The first-order chi connectivity index (χ1) is 13.9. The topological polar surface area (TPSA) is 35.9 Å². The number of aliphatic hydroxyl groups is 1. The highest BCUT2D eigenvalue weighted by molar-refractivity contribution is 5.43. The molecule has 0 spiro atoms. The molecule has 0 aromatic heterocycles. The molecule has 1 aliphatic heterocycles. The minimum absolute atomic E-state index is 0.115. The SMILES string of the molecule is COc1ccc(CN2CCN(Cc3cc(F)cc(F)c3)CC2CCO)c(C)c1C. The van der Waals surface area contributed by atoms with E-state index in [1.165, 1.54) is 23.3 Å². The van der Waals surface area contributed by atoms with Gasteiger partial charge in [0.1, 0.15) is 17.4 Å². The first-order valence-electron chi connectivity index (χ1n) is 10.1. The van der Waals surface area contributed by atoms with Crippen LogP contribution in [-0.2, 0) is 13.1 Å². The molecule has 2 aromatic carbocycles. The van der Waals surface area contributed by atoms with Gasteiger partial charge in [0.15, 0.2) is 0 Å². The van der Waals surface area contributed by atoms with Crippen LogP contribution < -0.4 is 4.74 Å². The molecule has 0 aliphatic carbocycles. The Morgan fingerprint density at radius 1 is 1.03 bits per heavy atom. The van der Waals surface area contributed by atoms with Crippen LogP contribution >= 0.6 is 0 Å². The lowest BCUT2D eigenvalue weighted by atomic mass is 10.00. The number of nitrogens with zero attached hydrogens (tertiary/aromatic N) is 2. The zero-order chi connectivity index (χ0) is 21.0. The largest absolute Gasteiger partial charge is 0.496 e. The Morgan fingerprint density at radius 2 is 1.76 bits per heavy atom. The number of rotatable bonds is 7. The summed E-state index contributed by atoms with van der Waals surface area (Å²) in [5.74, 6) is -0.197. The Hall–Kier alpha value is -2.02. The van der Waals surface area contributed by atoms with Crippen molar-refractivity contribution in [2.75, 3.05) is 33.4 Å². The normalized spacial score (nSPS) is 18.2. The molecule has 1 aliphatic rings. The number of benzene rings is 2. The van der Waals surface area contributed by atoms with Gasteiger partial charge in [-0.1, -0.05) is 6.07 Å². The molecule has 29 heavy (non-hydrogen) atoms. The highest BCUT2D eigenvalue weighted by Gasteiger charge is 2.27. The fraction of sp³-hybridized carbons (Fsp3) is 0.478. The van der Waals surface area contributed by atoms with Crippen molar-refractivity contribution in [1.29, 1.82) is 0 Å². The first kappa shape index (κ1) is 21.7. The van der Waals surface area contributed by atoms with Crippen molar-refractivity contribution in [2.45, 2.75) is 39.4 Å². The van der Waals surface area contributed by atoms with Crippen molar-refractivity contribution >= 4 is 0 Å². The molecule has 1 fully saturated rings. The van der Waals surface area contributed by atoms with E-state index < -0.39 is 11.6 Å². The number of methoxy groups -OCH3 is 1. The molecule has 0 radical (unpaired) electrons. The Kier molecular flexibility index (Phi) is 7.22. The molecular weight excluding hydrogens is 374 g/mol. The summed E-state index contributed by atoms with van der Waals surface area (Å²) in [5.41, 5.74) is 4.27. The molecule has 1 heterocycles. The van der Waals surface area contributed by atoms with Gasteiger partial charge in [-0.2, -0.15) is 0 Å². The zero-order valence-electron chi connectivity index (χ0n) is 17.4. The monoisotopic (exact) mass is 404 g/mol. The standard InChI is InChI=1S/C23H30F2N2O2/c1-16-17(2)23(29-3)5-4-19(16)14-27-8-7-26(15-22(27)6-9-28)13-18-10-20(24)12-21(25)11-18/h4-5,10-12,22,28H,6-9,13-15H2,1-3H3. The summed E-state index contributed by atoms with van der Waals surface area (Å²) in [7, 11) is 1.68. The molecule has 1 unspecified atom stereocenters. The van der Waals surface area contributed by atoms with E-state index in [9.17, 15) is 13.9 Å². The second-order valence-electron chi connectivity index (χ2n) is 7.83. The molecule has 0 saturated carbocycles. The highest BCUT2D eigenvalue weighted by Crippen LogP contribution is 2.26. The summed E-state index contributed by atoms with van der Waals surface area (Å²) in [4.78, 5) is 4.60. The lowest BCUT2D eigenvalue weighted by Crippen LogP contribution is -2.52. The van der Waals surface area contributed by atoms with Gasteiger partial charge in [-0.25, -0.2) is 8.78 Å². The van der Waals surface area contributed by atoms with Crippen molar-refractivity contribution in [2.24, 2.45) is 0 Å². The molecule has 0 amide bonds. The van der Waals surface area contributed by atoms with Crippen LogP contribution in [0.15, 0.2) is 30.3 Å². The van der Waals surface area contributed by atoms with Gasteiger partial charge in [0.2, 0.25) is 0 Å². The number of piperazine rings is 1. The third kappa shape index (κ3) is 5.32. The van der Waals surface area contributed by atoms with E-state index in [-0.39, 0.29) is 12.6 Å². The van der Waals surface area contributed by atoms with Crippen LogP contribution in [0.25, 0.3) is 0 Å². The maximum Gasteiger partial charge on any atom is 0.126 e. The van der Waals surface area contributed by atoms with Crippen molar-refractivity contribution in [3.8, 4) is 5.75 Å². The molecule has 2 aromatic rings. The van der Waals surface area contributed by atoms with Gasteiger partial charge >= 0.3 is 0 Å². The van der Waals surface area contributed by atoms with Gasteiger partial charge in [-0.3, -0.25) is 9.80 Å². The smallest absolute Gasteiger partial charge is 0.126 e. The van der Waals surface area contributed by atoms with Gasteiger partial charge in [0.25, 0.3) is 0 Å². The third-order valence-electron chi connectivity index (χ3n) is 5.92. The van der Waals surface area contributed by atoms with E-state index in [4.69, 9.17) is 4.74 Å². The number of halogens is 2. The van der Waals surface area contributed by atoms with Crippen LogP contribution in [0.1, 0.15) is 28.7 Å². The summed E-state index contributed by atoms with van der Waals surface area (Å²) < 4.78 is 32.4. The molecular formula is C23H30F2N2O2. The van der Waals surface area contributed by atoms with Gasteiger partial charge in [0.05, 0.1) is 7.11 Å². The highest BCUT2D eigenvalue weighted by atomic mass is 19.1. The molecule has 4 nitrogen and oxygen atoms in total. The molecule has 3 rings (SSSR count). The lowest BCUT2D eigenvalue weighted by molar-refractivity contribution is 0.0498. The number of hydrogen-bond donors (Lipinski definition) is 1. The van der Waals surface area contributed by atoms with E-state index in [1.807, 2.05) is 6.07 Å². The Balaban J connectivity index is 1.70. The lowest BCUT2D eigenvalue weighted by Gasteiger charge is -2.41.